The molecule has 1 saturated heterocycles. The number of carboxylic acid groups (broad SMARTS) is 1. The Labute approximate surface area is 279 Å². The van der Waals surface area contributed by atoms with Crippen molar-refractivity contribution in [3.63, 3.8) is 0 Å². The molecule has 2 aromatic heterocycles. The molecule has 0 radical (unpaired) electrons. The summed E-state index contributed by atoms with van der Waals surface area (Å²) in [6, 6.07) is 18.6. The number of amides is 2. The van der Waals surface area contributed by atoms with Crippen molar-refractivity contribution in [2.75, 3.05) is 13.1 Å². The molecule has 244 valence electrons. The molecule has 10 heteroatoms. The van der Waals surface area contributed by atoms with E-state index in [2.05, 4.69) is 36.1 Å². The van der Waals surface area contributed by atoms with Crippen LogP contribution in [0.5, 0.6) is 5.75 Å². The quantitative estimate of drug-likeness (QED) is 0.204. The Hall–Kier alpha value is -4.57. The molecule has 1 atom stereocenters. The van der Waals surface area contributed by atoms with Gasteiger partial charge in [-0.3, -0.25) is 14.4 Å². The van der Waals surface area contributed by atoms with Crippen LogP contribution in [0.3, 0.4) is 0 Å². The van der Waals surface area contributed by atoms with Gasteiger partial charge in [0.05, 0.1) is 16.9 Å². The maximum absolute atomic E-state index is 13.5. The Kier molecular flexibility index (Phi) is 9.40. The predicted octanol–water partition coefficient (Wildman–Crippen LogP) is 6.38. The number of hydrogen-bond acceptors (Lipinski definition) is 7. The number of aromatic nitrogens is 2. The van der Waals surface area contributed by atoms with E-state index in [1.165, 1.54) is 29.1 Å². The summed E-state index contributed by atoms with van der Waals surface area (Å²) in [6.45, 7) is 6.54. The molecule has 3 heterocycles. The number of nitrogens with one attached hydrogen (secondary N) is 1. The molecular weight excluding hydrogens is 612 g/mol. The first kappa shape index (κ1) is 32.4. The molecule has 2 aromatic carbocycles. The van der Waals surface area contributed by atoms with Crippen LogP contribution in [0.1, 0.15) is 66.6 Å². The van der Waals surface area contributed by atoms with E-state index in [-0.39, 0.29) is 36.7 Å². The van der Waals surface area contributed by atoms with E-state index in [9.17, 15) is 19.5 Å². The molecule has 1 saturated carbocycles. The first-order valence-electron chi connectivity index (χ1n) is 16.1. The van der Waals surface area contributed by atoms with E-state index < -0.39 is 17.9 Å². The van der Waals surface area contributed by atoms with Gasteiger partial charge in [-0.25, -0.2) is 9.97 Å². The molecule has 2 fully saturated rings. The van der Waals surface area contributed by atoms with E-state index in [1.807, 2.05) is 54.6 Å². The van der Waals surface area contributed by atoms with Gasteiger partial charge >= 0.3 is 5.97 Å². The Morgan fingerprint density at radius 2 is 1.55 bits per heavy atom. The summed E-state index contributed by atoms with van der Waals surface area (Å²) >= 11 is 1.41. The number of benzene rings is 2. The van der Waals surface area contributed by atoms with Crippen molar-refractivity contribution in [1.82, 2.24) is 20.2 Å². The van der Waals surface area contributed by atoms with Crippen LogP contribution in [0.15, 0.2) is 73.1 Å². The Morgan fingerprint density at radius 1 is 0.915 bits per heavy atom. The normalized spacial score (nSPS) is 16.0. The zero-order valence-electron chi connectivity index (χ0n) is 26.9. The Bertz CT molecular complexity index is 1720. The van der Waals surface area contributed by atoms with E-state index in [0.29, 0.717) is 16.8 Å². The van der Waals surface area contributed by atoms with Crippen LogP contribution in [0.25, 0.3) is 22.5 Å². The molecule has 2 N–H and O–H groups in total. The molecule has 1 aliphatic heterocycles. The molecule has 1 aliphatic carbocycles. The number of carboxylic acids is 1. The molecule has 1 unspecified atom stereocenters. The third-order valence-corrected chi connectivity index (χ3v) is 10.3. The van der Waals surface area contributed by atoms with Gasteiger partial charge in [0, 0.05) is 47.9 Å². The standard InChI is InChI=1S/C37H40N4O5S/c1-37(2,3)32-17-16-31(47-32)34(42)40-30(35(43)41-21-27(22-41)36(44)45)18-23-8-10-25(11-9-23)33-38-19-26(20-39-33)24-12-14-29(15-13-24)46-28-6-4-5-7-28/h8-17,19-20,27-28,30H,4-7,18,21-22H2,1-3H3,(H,40,42)(H,44,45). The number of nitrogens with zero attached hydrogens (tertiary/aromatic N) is 3. The van der Waals surface area contributed by atoms with Crippen molar-refractivity contribution < 1.29 is 24.2 Å². The lowest BCUT2D eigenvalue weighted by molar-refractivity contribution is -0.153. The monoisotopic (exact) mass is 652 g/mol. The number of aliphatic carboxylic acids is 1. The van der Waals surface area contributed by atoms with Crippen molar-refractivity contribution in [2.45, 2.75) is 70.4 Å². The van der Waals surface area contributed by atoms with Gasteiger partial charge in [0.1, 0.15) is 11.8 Å². The second-order valence-electron chi connectivity index (χ2n) is 13.5. The van der Waals surface area contributed by atoms with E-state index in [1.54, 1.807) is 18.5 Å². The van der Waals surface area contributed by atoms with Crippen LogP contribution < -0.4 is 10.1 Å². The lowest BCUT2D eigenvalue weighted by atomic mass is 9.95. The van der Waals surface area contributed by atoms with Gasteiger partial charge in [-0.1, -0.05) is 57.2 Å². The van der Waals surface area contributed by atoms with Crippen molar-refractivity contribution in [2.24, 2.45) is 5.92 Å². The first-order chi connectivity index (χ1) is 22.5. The summed E-state index contributed by atoms with van der Waals surface area (Å²) in [7, 11) is 0. The molecule has 0 spiro atoms. The highest BCUT2D eigenvalue weighted by Crippen LogP contribution is 2.30. The highest BCUT2D eigenvalue weighted by Gasteiger charge is 2.39. The zero-order chi connectivity index (χ0) is 33.1. The third-order valence-electron chi connectivity index (χ3n) is 8.81. The van der Waals surface area contributed by atoms with Crippen molar-refractivity contribution in [1.29, 1.82) is 0 Å². The van der Waals surface area contributed by atoms with E-state index in [4.69, 9.17) is 4.74 Å². The average molecular weight is 653 g/mol. The summed E-state index contributed by atoms with van der Waals surface area (Å²) in [4.78, 5) is 50.4. The molecular formula is C37H40N4O5S. The number of ether oxygens (including phenoxy) is 1. The van der Waals surface area contributed by atoms with Gasteiger partial charge in [-0.2, -0.15) is 0 Å². The summed E-state index contributed by atoms with van der Waals surface area (Å²) in [6.07, 6.45) is 8.90. The van der Waals surface area contributed by atoms with Crippen molar-refractivity contribution >= 4 is 29.1 Å². The highest BCUT2D eigenvalue weighted by molar-refractivity contribution is 7.14. The topological polar surface area (TPSA) is 122 Å². The highest BCUT2D eigenvalue weighted by atomic mass is 32.1. The van der Waals surface area contributed by atoms with Gasteiger partial charge < -0.3 is 20.1 Å². The molecule has 2 aliphatic rings. The number of thiophene rings is 1. The number of carbonyl (C=O) groups excluding carboxylic acids is 2. The second kappa shape index (κ2) is 13.7. The van der Waals surface area contributed by atoms with Crippen LogP contribution in [0.2, 0.25) is 0 Å². The Morgan fingerprint density at radius 3 is 2.15 bits per heavy atom. The van der Waals surface area contributed by atoms with Gasteiger partial charge in [-0.05, 0) is 66.5 Å². The Balaban J connectivity index is 1.12. The number of hydrogen-bond donors (Lipinski definition) is 2. The average Bonchev–Trinajstić information content (AvgIpc) is 3.74. The van der Waals surface area contributed by atoms with Crippen LogP contribution in [-0.2, 0) is 21.4 Å². The van der Waals surface area contributed by atoms with E-state index >= 15 is 0 Å². The number of carbonyl (C=O) groups is 3. The van der Waals surface area contributed by atoms with Gasteiger partial charge in [0.25, 0.3) is 5.91 Å². The number of rotatable bonds is 10. The largest absolute Gasteiger partial charge is 0.490 e. The molecule has 9 nitrogen and oxygen atoms in total. The van der Waals surface area contributed by atoms with Crippen LogP contribution in [0.4, 0.5) is 0 Å². The fourth-order valence-electron chi connectivity index (χ4n) is 5.90. The molecule has 4 aromatic rings. The molecule has 2 amide bonds. The van der Waals surface area contributed by atoms with Crippen molar-refractivity contribution in [3.8, 4) is 28.3 Å². The predicted molar refractivity (Wildman–Crippen MR) is 181 cm³/mol. The SMILES string of the molecule is CC(C)(C)c1ccc(C(=O)NC(Cc2ccc(-c3ncc(-c4ccc(OC5CCCC5)cc4)cn3)cc2)C(=O)N2CC(C(=O)O)C2)s1. The minimum absolute atomic E-state index is 0.0943. The van der Waals surface area contributed by atoms with Gasteiger partial charge in [0.15, 0.2) is 5.82 Å². The lowest BCUT2D eigenvalue weighted by Crippen LogP contribution is -2.59. The van der Waals surface area contributed by atoms with E-state index in [0.717, 1.165) is 45.7 Å². The fraction of sp³-hybridized carbons (Fsp3) is 0.378. The van der Waals surface area contributed by atoms with Crippen LogP contribution in [-0.4, -0.2) is 63.0 Å². The maximum atomic E-state index is 13.5. The summed E-state index contributed by atoms with van der Waals surface area (Å²) in [5.41, 5.74) is 3.50. The van der Waals surface area contributed by atoms with Gasteiger partial charge in [-0.15, -0.1) is 11.3 Å². The van der Waals surface area contributed by atoms with Gasteiger partial charge in [0.2, 0.25) is 5.91 Å². The smallest absolute Gasteiger partial charge is 0.310 e. The van der Waals surface area contributed by atoms with Crippen molar-refractivity contribution in [3.05, 3.63) is 88.4 Å². The molecule has 6 rings (SSSR count). The molecule has 47 heavy (non-hydrogen) atoms. The fourth-order valence-corrected chi connectivity index (χ4v) is 6.87. The first-order valence-corrected chi connectivity index (χ1v) is 17.0. The third kappa shape index (κ3) is 7.71. The maximum Gasteiger partial charge on any atom is 0.310 e. The minimum atomic E-state index is -0.921. The lowest BCUT2D eigenvalue weighted by Gasteiger charge is -2.38. The van der Waals surface area contributed by atoms with Crippen LogP contribution >= 0.6 is 11.3 Å². The number of likely N-dealkylation sites (tertiary alicyclic amines) is 1. The summed E-state index contributed by atoms with van der Waals surface area (Å²) < 4.78 is 6.08. The van der Waals surface area contributed by atoms with Crippen LogP contribution in [0, 0.1) is 5.92 Å². The minimum Gasteiger partial charge on any atom is -0.490 e. The second-order valence-corrected chi connectivity index (χ2v) is 14.5. The molecule has 0 bridgehead atoms. The summed E-state index contributed by atoms with van der Waals surface area (Å²) in [5.74, 6) is -0.643. The zero-order valence-corrected chi connectivity index (χ0v) is 27.8. The summed E-state index contributed by atoms with van der Waals surface area (Å²) in [5, 5.41) is 12.2.